The summed E-state index contributed by atoms with van der Waals surface area (Å²) < 4.78 is 43.5. The van der Waals surface area contributed by atoms with Crippen LogP contribution in [-0.2, 0) is 13.6 Å². The van der Waals surface area contributed by atoms with Crippen LogP contribution in [0.15, 0.2) is 15.9 Å². The number of fused-ring (bicyclic) bond motifs is 1. The third-order valence-corrected chi connectivity index (χ3v) is 7.33. The number of aliphatic hydroxyl groups is 1. The maximum absolute atomic E-state index is 13.3. The highest BCUT2D eigenvalue weighted by Gasteiger charge is 2.54. The summed E-state index contributed by atoms with van der Waals surface area (Å²) in [6.45, 7) is 2.07. The zero-order chi connectivity index (χ0) is 22.6. The predicted molar refractivity (Wildman–Crippen MR) is 109 cm³/mol. The molecule has 2 saturated carbocycles. The molecule has 7 nitrogen and oxygen atoms in total. The molecule has 2 heterocycles. The molecule has 1 N–H and O–H groups in total. The van der Waals surface area contributed by atoms with E-state index in [4.69, 9.17) is 0 Å². The van der Waals surface area contributed by atoms with Crippen molar-refractivity contribution in [1.29, 1.82) is 0 Å². The van der Waals surface area contributed by atoms with E-state index in [0.29, 0.717) is 17.1 Å². The molecular formula is C21H29F3N4O3. The molecule has 0 bridgehead atoms. The molecule has 0 aromatic carbocycles. The van der Waals surface area contributed by atoms with Crippen molar-refractivity contribution in [3.8, 4) is 0 Å². The van der Waals surface area contributed by atoms with Gasteiger partial charge >= 0.3 is 11.9 Å². The fourth-order valence-electron chi connectivity index (χ4n) is 4.99. The zero-order valence-corrected chi connectivity index (χ0v) is 17.9. The number of hydrogen-bond acceptors (Lipinski definition) is 4. The maximum Gasteiger partial charge on any atom is 0.417 e. The number of alkyl halides is 3. The van der Waals surface area contributed by atoms with Gasteiger partial charge in [-0.1, -0.05) is 19.3 Å². The number of aromatic nitrogens is 4. The van der Waals surface area contributed by atoms with E-state index in [1.54, 1.807) is 13.4 Å². The first-order valence-electron chi connectivity index (χ1n) is 11.0. The topological polar surface area (TPSA) is 82.1 Å². The summed E-state index contributed by atoms with van der Waals surface area (Å²) >= 11 is 0. The van der Waals surface area contributed by atoms with E-state index in [0.717, 1.165) is 11.0 Å². The van der Waals surface area contributed by atoms with Crippen LogP contribution in [0.5, 0.6) is 0 Å². The first-order valence-corrected chi connectivity index (χ1v) is 11.0. The van der Waals surface area contributed by atoms with Crippen molar-refractivity contribution in [3.63, 3.8) is 0 Å². The van der Waals surface area contributed by atoms with Crippen LogP contribution in [0.3, 0.4) is 0 Å². The molecular weight excluding hydrogens is 413 g/mol. The summed E-state index contributed by atoms with van der Waals surface area (Å²) in [5.74, 6) is 0.353. The van der Waals surface area contributed by atoms with Gasteiger partial charge in [-0.2, -0.15) is 13.2 Å². The Hall–Kier alpha value is -2.10. The second kappa shape index (κ2) is 7.79. The molecule has 0 saturated heterocycles. The summed E-state index contributed by atoms with van der Waals surface area (Å²) in [7, 11) is 1.55. The van der Waals surface area contributed by atoms with Gasteiger partial charge in [0.25, 0.3) is 5.56 Å². The Morgan fingerprint density at radius 1 is 1.19 bits per heavy atom. The van der Waals surface area contributed by atoms with Crippen molar-refractivity contribution in [2.45, 2.75) is 82.7 Å². The molecule has 2 fully saturated rings. The molecule has 10 heteroatoms. The zero-order valence-electron chi connectivity index (χ0n) is 17.9. The van der Waals surface area contributed by atoms with Crippen molar-refractivity contribution >= 4 is 11.2 Å². The lowest BCUT2D eigenvalue weighted by atomic mass is 9.78. The highest BCUT2D eigenvalue weighted by Crippen LogP contribution is 2.43. The van der Waals surface area contributed by atoms with Crippen LogP contribution in [0.25, 0.3) is 11.2 Å². The van der Waals surface area contributed by atoms with Gasteiger partial charge in [-0.3, -0.25) is 13.9 Å². The Bertz CT molecular complexity index is 1070. The Kier molecular flexibility index (Phi) is 5.56. The molecule has 1 unspecified atom stereocenters. The molecule has 2 aliphatic rings. The van der Waals surface area contributed by atoms with E-state index in [1.807, 2.05) is 11.5 Å². The van der Waals surface area contributed by atoms with E-state index in [9.17, 15) is 27.9 Å². The molecule has 2 aromatic rings. The summed E-state index contributed by atoms with van der Waals surface area (Å²) in [6, 6.07) is 0.0606. The number of halogens is 3. The molecule has 1 atom stereocenters. The molecule has 0 spiro atoms. The number of imidazole rings is 1. The molecule has 31 heavy (non-hydrogen) atoms. The van der Waals surface area contributed by atoms with Crippen LogP contribution >= 0.6 is 0 Å². The van der Waals surface area contributed by atoms with Gasteiger partial charge in [-0.25, -0.2) is 9.78 Å². The van der Waals surface area contributed by atoms with Crippen LogP contribution in [0.1, 0.15) is 64.3 Å². The highest BCUT2D eigenvalue weighted by molar-refractivity contribution is 5.70. The van der Waals surface area contributed by atoms with Gasteiger partial charge < -0.3 is 9.67 Å². The van der Waals surface area contributed by atoms with Crippen LogP contribution in [0.4, 0.5) is 13.2 Å². The fourth-order valence-corrected chi connectivity index (χ4v) is 4.99. The first kappa shape index (κ1) is 22.1. The Morgan fingerprint density at radius 3 is 2.39 bits per heavy atom. The highest BCUT2D eigenvalue weighted by atomic mass is 19.4. The Morgan fingerprint density at radius 2 is 1.84 bits per heavy atom. The molecule has 0 aliphatic heterocycles. The monoisotopic (exact) mass is 442 g/mol. The van der Waals surface area contributed by atoms with Gasteiger partial charge in [0.2, 0.25) is 0 Å². The Balaban J connectivity index is 1.62. The van der Waals surface area contributed by atoms with Crippen LogP contribution in [0.2, 0.25) is 0 Å². The standard InChI is InChI=1S/C21H29F3N4O3/c1-13(10-14-4-3-5-14)28-12-25-17-16(28)18(29)27(19(30)26(17)2)11-15-6-8-20(31,9-7-15)21(22,23)24/h12-15,31H,3-11H2,1-2H3. The average Bonchev–Trinajstić information content (AvgIpc) is 3.12. The van der Waals surface area contributed by atoms with Crippen molar-refractivity contribution < 1.29 is 18.3 Å². The van der Waals surface area contributed by atoms with Gasteiger partial charge in [-0.05, 0) is 50.9 Å². The van der Waals surface area contributed by atoms with Gasteiger partial charge in [0.1, 0.15) is 0 Å². The SMILES string of the molecule is CC(CC1CCC1)n1cnc2c1c(=O)n(CC1CCC(O)(C(F)(F)F)CC1)c(=O)n2C. The summed E-state index contributed by atoms with van der Waals surface area (Å²) in [4.78, 5) is 30.4. The number of rotatable bonds is 5. The lowest BCUT2D eigenvalue weighted by Crippen LogP contribution is -2.49. The third-order valence-electron chi connectivity index (χ3n) is 7.33. The van der Waals surface area contributed by atoms with Crippen molar-refractivity contribution in [2.24, 2.45) is 18.9 Å². The largest absolute Gasteiger partial charge is 0.417 e. The first-order chi connectivity index (χ1) is 14.5. The van der Waals surface area contributed by atoms with Crippen LogP contribution in [0, 0.1) is 11.8 Å². The van der Waals surface area contributed by atoms with Gasteiger partial charge in [0.05, 0.1) is 6.33 Å². The maximum atomic E-state index is 13.3. The summed E-state index contributed by atoms with van der Waals surface area (Å²) in [5, 5.41) is 9.88. The smallest absolute Gasteiger partial charge is 0.380 e. The minimum atomic E-state index is -4.67. The number of nitrogens with zero attached hydrogens (tertiary/aromatic N) is 4. The summed E-state index contributed by atoms with van der Waals surface area (Å²) in [5.41, 5.74) is -2.98. The summed E-state index contributed by atoms with van der Waals surface area (Å²) in [6.07, 6.45) is 0.819. The van der Waals surface area contributed by atoms with Crippen molar-refractivity contribution in [2.75, 3.05) is 0 Å². The lowest BCUT2D eigenvalue weighted by Gasteiger charge is -2.37. The minimum Gasteiger partial charge on any atom is -0.380 e. The van der Waals surface area contributed by atoms with Crippen LogP contribution in [-0.4, -0.2) is 35.6 Å². The molecule has 0 radical (unpaired) electrons. The average molecular weight is 442 g/mol. The normalized spacial score (nSPS) is 26.2. The second-order valence-electron chi connectivity index (χ2n) is 9.44. The van der Waals surface area contributed by atoms with E-state index >= 15 is 0 Å². The quantitative estimate of drug-likeness (QED) is 0.771. The molecule has 0 amide bonds. The van der Waals surface area contributed by atoms with Crippen molar-refractivity contribution in [3.05, 3.63) is 27.2 Å². The molecule has 2 aliphatic carbocycles. The van der Waals surface area contributed by atoms with Gasteiger partial charge in [0, 0.05) is 19.6 Å². The second-order valence-corrected chi connectivity index (χ2v) is 9.44. The minimum absolute atomic E-state index is 0.0393. The Labute approximate surface area is 177 Å². The predicted octanol–water partition coefficient (Wildman–Crippen LogP) is 3.13. The molecule has 4 rings (SSSR count). The third kappa shape index (κ3) is 3.83. The molecule has 2 aromatic heterocycles. The van der Waals surface area contributed by atoms with E-state index in [1.165, 1.54) is 23.8 Å². The number of hydrogen-bond donors (Lipinski definition) is 1. The van der Waals surface area contributed by atoms with E-state index in [2.05, 4.69) is 4.98 Å². The van der Waals surface area contributed by atoms with E-state index in [-0.39, 0.29) is 31.3 Å². The lowest BCUT2D eigenvalue weighted by molar-refractivity contribution is -0.272. The van der Waals surface area contributed by atoms with Crippen LogP contribution < -0.4 is 11.2 Å². The fraction of sp³-hybridized carbons (Fsp3) is 0.762. The van der Waals surface area contributed by atoms with E-state index < -0.39 is 35.9 Å². The van der Waals surface area contributed by atoms with Gasteiger partial charge in [-0.15, -0.1) is 0 Å². The van der Waals surface area contributed by atoms with Gasteiger partial charge in [0.15, 0.2) is 16.8 Å². The number of aryl methyl sites for hydroxylation is 1. The molecule has 172 valence electrons. The van der Waals surface area contributed by atoms with Crippen molar-refractivity contribution in [1.82, 2.24) is 18.7 Å².